The second-order valence-corrected chi connectivity index (χ2v) is 7.96. The van der Waals surface area contributed by atoms with Crippen LogP contribution in [0.1, 0.15) is 37.9 Å². The van der Waals surface area contributed by atoms with Crippen molar-refractivity contribution in [2.24, 2.45) is 13.0 Å². The Bertz CT molecular complexity index is 897. The topological polar surface area (TPSA) is 85.2 Å². The van der Waals surface area contributed by atoms with Gasteiger partial charge in [-0.15, -0.1) is 0 Å². The number of ether oxygens (including phenoxy) is 1. The molecule has 2 aromatic rings. The number of rotatable bonds is 4. The van der Waals surface area contributed by atoms with Crippen LogP contribution >= 0.6 is 0 Å². The molecule has 0 unspecified atom stereocenters. The highest BCUT2D eigenvalue weighted by molar-refractivity contribution is 5.44. The third kappa shape index (κ3) is 3.87. The van der Waals surface area contributed by atoms with Gasteiger partial charge in [0.25, 0.3) is 5.56 Å². The molecule has 0 spiro atoms. The largest absolute Gasteiger partial charge is 0.376 e. The van der Waals surface area contributed by atoms with Gasteiger partial charge in [0.1, 0.15) is 5.82 Å². The fourth-order valence-electron chi connectivity index (χ4n) is 4.05. The van der Waals surface area contributed by atoms with Gasteiger partial charge < -0.3 is 15.0 Å². The smallest absolute Gasteiger partial charge is 0.266 e. The van der Waals surface area contributed by atoms with Crippen LogP contribution in [0.25, 0.3) is 0 Å². The van der Waals surface area contributed by atoms with Crippen LogP contribution in [0.4, 0.5) is 11.8 Å². The van der Waals surface area contributed by atoms with E-state index in [1.807, 2.05) is 6.07 Å². The lowest BCUT2D eigenvalue weighted by molar-refractivity contribution is -0.0203. The minimum absolute atomic E-state index is 0.0889. The fraction of sp³-hybridized carbons (Fsp3) is 0.600. The molecule has 2 aliphatic rings. The lowest BCUT2D eigenvalue weighted by Crippen LogP contribution is -2.43. The molecule has 1 N–H and O–H groups in total. The summed E-state index contributed by atoms with van der Waals surface area (Å²) in [4.78, 5) is 23.2. The van der Waals surface area contributed by atoms with Crippen LogP contribution in [0.3, 0.4) is 0 Å². The van der Waals surface area contributed by atoms with Crippen LogP contribution in [0.2, 0.25) is 0 Å². The lowest BCUT2D eigenvalue weighted by atomic mass is 9.94. The molecule has 28 heavy (non-hydrogen) atoms. The van der Waals surface area contributed by atoms with E-state index in [9.17, 15) is 4.79 Å². The summed E-state index contributed by atoms with van der Waals surface area (Å²) in [6.45, 7) is 6.60. The number of aryl methyl sites for hydroxylation is 1. The molecule has 1 fully saturated rings. The zero-order chi connectivity index (χ0) is 19.7. The van der Waals surface area contributed by atoms with Crippen molar-refractivity contribution in [1.29, 1.82) is 0 Å². The summed E-state index contributed by atoms with van der Waals surface area (Å²) in [6, 6.07) is 3.83. The summed E-state index contributed by atoms with van der Waals surface area (Å²) in [5.41, 5.74) is 1.84. The van der Waals surface area contributed by atoms with Crippen LogP contribution in [0, 0.1) is 5.92 Å². The van der Waals surface area contributed by atoms with E-state index in [4.69, 9.17) is 9.72 Å². The summed E-state index contributed by atoms with van der Waals surface area (Å²) < 4.78 is 7.37. The number of hydrogen-bond acceptors (Lipinski definition) is 7. The van der Waals surface area contributed by atoms with Crippen molar-refractivity contribution in [2.45, 2.75) is 51.8 Å². The number of hydrogen-bond donors (Lipinski definition) is 1. The molecule has 0 aliphatic carbocycles. The van der Waals surface area contributed by atoms with Crippen LogP contribution in [-0.2, 0) is 24.8 Å². The molecule has 8 heteroatoms. The minimum Gasteiger partial charge on any atom is -0.376 e. The van der Waals surface area contributed by atoms with Crippen LogP contribution in [0.5, 0.6) is 0 Å². The Morgan fingerprint density at radius 3 is 3.04 bits per heavy atom. The molecule has 4 heterocycles. The SMILES string of the molecule is CC(C)[C@H]1OCCC[C@@H]1Nc1ccnc(N2CCc3nn(C)c(=O)cc3C2)n1. The van der Waals surface area contributed by atoms with Crippen LogP contribution in [0.15, 0.2) is 23.1 Å². The van der Waals surface area contributed by atoms with Crippen molar-refractivity contribution < 1.29 is 4.74 Å². The Kier molecular flexibility index (Phi) is 5.30. The average molecular weight is 384 g/mol. The quantitative estimate of drug-likeness (QED) is 0.859. The Labute approximate surface area is 164 Å². The number of fused-ring (bicyclic) bond motifs is 1. The molecule has 0 amide bonds. The zero-order valence-corrected chi connectivity index (χ0v) is 16.8. The number of aromatic nitrogens is 4. The summed E-state index contributed by atoms with van der Waals surface area (Å²) >= 11 is 0. The van der Waals surface area contributed by atoms with E-state index in [2.05, 4.69) is 34.1 Å². The molecule has 4 rings (SSSR count). The summed E-state index contributed by atoms with van der Waals surface area (Å²) in [5.74, 6) is 1.95. The maximum atomic E-state index is 11.9. The highest BCUT2D eigenvalue weighted by Gasteiger charge is 2.29. The van der Waals surface area contributed by atoms with Crippen molar-refractivity contribution in [3.63, 3.8) is 0 Å². The van der Waals surface area contributed by atoms with E-state index in [0.29, 0.717) is 18.4 Å². The highest BCUT2D eigenvalue weighted by atomic mass is 16.5. The highest BCUT2D eigenvalue weighted by Crippen LogP contribution is 2.25. The molecule has 0 aromatic carbocycles. The van der Waals surface area contributed by atoms with E-state index < -0.39 is 0 Å². The number of nitrogens with one attached hydrogen (secondary N) is 1. The lowest BCUT2D eigenvalue weighted by Gasteiger charge is -2.35. The van der Waals surface area contributed by atoms with Crippen molar-refractivity contribution in [1.82, 2.24) is 19.7 Å². The van der Waals surface area contributed by atoms with E-state index >= 15 is 0 Å². The van der Waals surface area contributed by atoms with Gasteiger partial charge in [-0.1, -0.05) is 13.8 Å². The van der Waals surface area contributed by atoms with Gasteiger partial charge >= 0.3 is 0 Å². The normalized spacial score (nSPS) is 22.2. The Morgan fingerprint density at radius 2 is 2.21 bits per heavy atom. The Hall–Kier alpha value is -2.48. The monoisotopic (exact) mass is 384 g/mol. The zero-order valence-electron chi connectivity index (χ0n) is 16.8. The standard InChI is InChI=1S/C20H28N6O2/c1-13(2)19-16(5-4-10-28-19)22-17-6-8-21-20(23-17)26-9-7-15-14(12-26)11-18(27)25(3)24-15/h6,8,11,13,16,19H,4-5,7,9-10,12H2,1-3H3,(H,21,22,23)/t16-,19+/m0/s1. The van der Waals surface area contributed by atoms with Crippen molar-refractivity contribution >= 4 is 11.8 Å². The molecule has 2 atom stereocenters. The first-order chi connectivity index (χ1) is 13.5. The molecule has 1 saturated heterocycles. The molecule has 0 bridgehead atoms. The van der Waals surface area contributed by atoms with Gasteiger partial charge in [-0.05, 0) is 24.8 Å². The molecule has 0 saturated carbocycles. The molecule has 150 valence electrons. The second kappa shape index (κ2) is 7.87. The van der Waals surface area contributed by atoms with Crippen LogP contribution < -0.4 is 15.8 Å². The molecule has 2 aliphatic heterocycles. The van der Waals surface area contributed by atoms with Gasteiger partial charge in [-0.25, -0.2) is 9.67 Å². The molecule has 8 nitrogen and oxygen atoms in total. The van der Waals surface area contributed by atoms with Gasteiger partial charge in [0, 0.05) is 51.0 Å². The van der Waals surface area contributed by atoms with Crippen molar-refractivity contribution in [3.05, 3.63) is 39.9 Å². The van der Waals surface area contributed by atoms with Gasteiger partial charge in [0.05, 0.1) is 17.8 Å². The number of nitrogens with zero attached hydrogens (tertiary/aromatic N) is 5. The summed E-state index contributed by atoms with van der Waals surface area (Å²) in [6.07, 6.45) is 4.89. The maximum absolute atomic E-state index is 11.9. The first-order valence-corrected chi connectivity index (χ1v) is 10.0. The second-order valence-electron chi connectivity index (χ2n) is 7.96. The molecule has 0 radical (unpaired) electrons. The van der Waals surface area contributed by atoms with Gasteiger partial charge in [0.2, 0.25) is 5.95 Å². The van der Waals surface area contributed by atoms with Gasteiger partial charge in [-0.2, -0.15) is 10.1 Å². The minimum atomic E-state index is -0.0889. The summed E-state index contributed by atoms with van der Waals surface area (Å²) in [7, 11) is 1.69. The van der Waals surface area contributed by atoms with E-state index in [0.717, 1.165) is 49.5 Å². The van der Waals surface area contributed by atoms with Crippen molar-refractivity contribution in [2.75, 3.05) is 23.4 Å². The molecular formula is C20H28N6O2. The van der Waals surface area contributed by atoms with E-state index in [1.165, 1.54) is 4.68 Å². The third-order valence-electron chi connectivity index (χ3n) is 5.52. The Balaban J connectivity index is 1.51. The number of anilines is 2. The Morgan fingerprint density at radius 1 is 1.36 bits per heavy atom. The van der Waals surface area contributed by atoms with Crippen molar-refractivity contribution in [3.8, 4) is 0 Å². The third-order valence-corrected chi connectivity index (χ3v) is 5.52. The maximum Gasteiger partial charge on any atom is 0.266 e. The van der Waals surface area contributed by atoms with E-state index in [-0.39, 0.29) is 17.7 Å². The predicted molar refractivity (Wildman–Crippen MR) is 107 cm³/mol. The van der Waals surface area contributed by atoms with E-state index in [1.54, 1.807) is 19.3 Å². The molecular weight excluding hydrogens is 356 g/mol. The predicted octanol–water partition coefficient (Wildman–Crippen LogP) is 1.75. The van der Waals surface area contributed by atoms with Crippen LogP contribution in [-0.4, -0.2) is 45.0 Å². The molecule has 2 aromatic heterocycles. The average Bonchev–Trinajstić information content (AvgIpc) is 2.69. The first kappa shape index (κ1) is 18.9. The van der Waals surface area contributed by atoms with Gasteiger partial charge in [0.15, 0.2) is 0 Å². The van der Waals surface area contributed by atoms with Gasteiger partial charge in [-0.3, -0.25) is 4.79 Å². The fourth-order valence-corrected chi connectivity index (χ4v) is 4.05. The first-order valence-electron chi connectivity index (χ1n) is 10.0. The summed E-state index contributed by atoms with van der Waals surface area (Å²) in [5, 5.41) is 7.93.